The van der Waals surface area contributed by atoms with E-state index in [-0.39, 0.29) is 10.8 Å². The first-order valence-corrected chi connectivity index (χ1v) is 17.9. The van der Waals surface area contributed by atoms with Crippen molar-refractivity contribution in [1.29, 1.82) is 0 Å². The van der Waals surface area contributed by atoms with Crippen molar-refractivity contribution < 1.29 is 4.39 Å². The van der Waals surface area contributed by atoms with Gasteiger partial charge in [-0.05, 0) is 0 Å². The van der Waals surface area contributed by atoms with Crippen LogP contribution in [0.4, 0.5) is 4.39 Å². The zero-order valence-electron chi connectivity index (χ0n) is 17.0. The molecule has 0 saturated carbocycles. The third-order valence-electron chi connectivity index (χ3n) is 5.49. The Kier molecular flexibility index (Phi) is 6.44. The molecule has 4 aromatic carbocycles. The fraction of sp³-hybridized carbons (Fsp3) is 0.0769. The first kappa shape index (κ1) is 21.3. The van der Waals surface area contributed by atoms with E-state index in [9.17, 15) is 4.39 Å². The molecule has 0 saturated heterocycles. The summed E-state index contributed by atoms with van der Waals surface area (Å²) in [6.07, 6.45) is 0. The van der Waals surface area contributed by atoms with Gasteiger partial charge in [-0.1, -0.05) is 0 Å². The third kappa shape index (κ3) is 4.25. The van der Waals surface area contributed by atoms with Crippen molar-refractivity contribution in [2.24, 2.45) is 0 Å². The number of hydrogen-bond donors (Lipinski definition) is 0. The van der Waals surface area contributed by atoms with Crippen LogP contribution in [0.1, 0.15) is 0 Å². The molecule has 0 aliphatic heterocycles. The minimum absolute atomic E-state index is 0.206. The molecule has 0 spiro atoms. The SMILES string of the molecule is [CH3][Ge]([CH3])([c]1ccc(F)c(Cl)c1)[c]1ccccc1P(c1ccccc1)c1ccccc1. The summed E-state index contributed by atoms with van der Waals surface area (Å²) in [7, 11) is -0.695. The number of rotatable bonds is 5. The standard InChI is InChI=1S/C26H23ClFGeP/c1-29(2,20-17-18-24(28)23(27)19-20)25-15-9-10-16-26(25)30(21-11-5-3-6-12-21)22-13-7-4-8-14-22/h3-19H,1-2H3. The van der Waals surface area contributed by atoms with Gasteiger partial charge in [-0.15, -0.1) is 0 Å². The zero-order valence-corrected chi connectivity index (χ0v) is 20.8. The van der Waals surface area contributed by atoms with E-state index >= 15 is 0 Å². The van der Waals surface area contributed by atoms with E-state index in [0.717, 1.165) is 0 Å². The van der Waals surface area contributed by atoms with Gasteiger partial charge < -0.3 is 0 Å². The molecule has 30 heavy (non-hydrogen) atoms. The van der Waals surface area contributed by atoms with Crippen molar-refractivity contribution >= 4 is 57.5 Å². The molecule has 0 aliphatic carbocycles. The Morgan fingerprint density at radius 2 is 1.23 bits per heavy atom. The minimum atomic E-state index is -2.74. The van der Waals surface area contributed by atoms with Crippen molar-refractivity contribution in [3.8, 4) is 0 Å². The molecule has 0 atom stereocenters. The van der Waals surface area contributed by atoms with E-state index in [4.69, 9.17) is 11.6 Å². The van der Waals surface area contributed by atoms with Gasteiger partial charge in [-0.25, -0.2) is 0 Å². The van der Waals surface area contributed by atoms with E-state index in [1.165, 1.54) is 30.8 Å². The Hall–Kier alpha value is -1.93. The van der Waals surface area contributed by atoms with E-state index in [2.05, 4.69) is 96.4 Å². The van der Waals surface area contributed by atoms with Crippen molar-refractivity contribution in [3.05, 3.63) is 114 Å². The molecule has 0 aromatic heterocycles. The van der Waals surface area contributed by atoms with E-state index in [1.807, 2.05) is 12.1 Å². The second-order valence-corrected chi connectivity index (χ2v) is 19.5. The molecule has 0 N–H and O–H groups in total. The second kappa shape index (κ2) is 9.06. The quantitative estimate of drug-likeness (QED) is 0.269. The summed E-state index contributed by atoms with van der Waals surface area (Å²) in [6.45, 7) is 0. The molecule has 0 bridgehead atoms. The number of halogens is 2. The van der Waals surface area contributed by atoms with E-state index < -0.39 is 21.2 Å². The Bertz CT molecular complexity index is 1110. The molecular formula is C26H23ClFGeP. The molecule has 0 heterocycles. The van der Waals surface area contributed by atoms with Crippen LogP contribution in [0.2, 0.25) is 16.5 Å². The van der Waals surface area contributed by atoms with Crippen LogP contribution in [0.15, 0.2) is 103 Å². The van der Waals surface area contributed by atoms with Crippen LogP contribution in [-0.2, 0) is 0 Å². The van der Waals surface area contributed by atoms with Crippen molar-refractivity contribution in [1.82, 2.24) is 0 Å². The van der Waals surface area contributed by atoms with E-state index in [0.29, 0.717) is 0 Å². The van der Waals surface area contributed by atoms with Gasteiger partial charge in [-0.2, -0.15) is 0 Å². The molecule has 150 valence electrons. The van der Waals surface area contributed by atoms with Gasteiger partial charge in [0, 0.05) is 0 Å². The summed E-state index contributed by atoms with van der Waals surface area (Å²) in [6, 6.07) is 35.6. The van der Waals surface area contributed by atoms with Crippen LogP contribution in [0, 0.1) is 5.82 Å². The summed E-state index contributed by atoms with van der Waals surface area (Å²) in [5.74, 6) is 4.38. The topological polar surface area (TPSA) is 0 Å². The monoisotopic (exact) mass is 494 g/mol. The maximum absolute atomic E-state index is 13.8. The molecule has 4 rings (SSSR count). The van der Waals surface area contributed by atoms with Gasteiger partial charge in [0.05, 0.1) is 0 Å². The molecule has 0 nitrogen and oxygen atoms in total. The number of benzene rings is 4. The summed E-state index contributed by atoms with van der Waals surface area (Å²) in [5, 5.41) is 4.26. The Morgan fingerprint density at radius 3 is 1.80 bits per heavy atom. The summed E-state index contributed by atoms with van der Waals surface area (Å²) in [5.41, 5.74) is 0. The van der Waals surface area contributed by atoms with Gasteiger partial charge in [-0.3, -0.25) is 0 Å². The first-order chi connectivity index (χ1) is 14.5. The Balaban J connectivity index is 1.91. The summed E-state index contributed by atoms with van der Waals surface area (Å²) >= 11 is 3.42. The fourth-order valence-corrected chi connectivity index (χ4v) is 14.0. The number of hydrogen-bond acceptors (Lipinski definition) is 0. The van der Waals surface area contributed by atoms with Crippen LogP contribution in [0.25, 0.3) is 0 Å². The predicted molar refractivity (Wildman–Crippen MR) is 133 cm³/mol. The molecule has 0 unspecified atom stereocenters. The van der Waals surface area contributed by atoms with Crippen LogP contribution in [0.5, 0.6) is 0 Å². The predicted octanol–water partition coefficient (Wildman–Crippen LogP) is 5.06. The fourth-order valence-electron chi connectivity index (χ4n) is 3.82. The molecule has 4 heteroatoms. The Labute approximate surface area is 186 Å². The summed E-state index contributed by atoms with van der Waals surface area (Å²) in [4.78, 5) is 0. The zero-order chi connectivity index (χ0) is 21.1. The molecular weight excluding hydrogens is 470 g/mol. The van der Waals surface area contributed by atoms with Gasteiger partial charge in [0.25, 0.3) is 0 Å². The molecule has 4 aromatic rings. The second-order valence-electron chi connectivity index (χ2n) is 7.78. The Morgan fingerprint density at radius 1 is 0.700 bits per heavy atom. The van der Waals surface area contributed by atoms with Gasteiger partial charge in [0.1, 0.15) is 0 Å². The maximum atomic E-state index is 13.8. The van der Waals surface area contributed by atoms with Crippen LogP contribution in [0.3, 0.4) is 0 Å². The van der Waals surface area contributed by atoms with E-state index in [1.54, 1.807) is 0 Å². The van der Waals surface area contributed by atoms with Gasteiger partial charge in [0.2, 0.25) is 0 Å². The van der Waals surface area contributed by atoms with Crippen molar-refractivity contribution in [2.75, 3.05) is 0 Å². The van der Waals surface area contributed by atoms with Crippen molar-refractivity contribution in [2.45, 2.75) is 11.5 Å². The van der Waals surface area contributed by atoms with Gasteiger partial charge >= 0.3 is 187 Å². The van der Waals surface area contributed by atoms with Gasteiger partial charge in [0.15, 0.2) is 0 Å². The van der Waals surface area contributed by atoms with Crippen LogP contribution < -0.4 is 24.7 Å². The average molecular weight is 494 g/mol. The van der Waals surface area contributed by atoms with Crippen LogP contribution >= 0.6 is 19.5 Å². The molecule has 0 amide bonds. The average Bonchev–Trinajstić information content (AvgIpc) is 2.77. The molecule has 0 aliphatic rings. The first-order valence-electron chi connectivity index (χ1n) is 9.94. The molecule has 0 fully saturated rings. The molecule has 0 radical (unpaired) electrons. The van der Waals surface area contributed by atoms with Crippen LogP contribution in [-0.4, -0.2) is 13.3 Å². The van der Waals surface area contributed by atoms with Crippen molar-refractivity contribution in [3.63, 3.8) is 0 Å². The normalized spacial score (nSPS) is 11.6. The summed E-state index contributed by atoms with van der Waals surface area (Å²) < 4.78 is 16.4. The third-order valence-corrected chi connectivity index (χ3v) is 16.1.